The second-order valence-electron chi connectivity index (χ2n) is 5.96. The molecule has 134 valence electrons. The Morgan fingerprint density at radius 3 is 2.79 bits per heavy atom. The Hall–Kier alpha value is -1.64. The highest BCUT2D eigenvalue weighted by Crippen LogP contribution is 2.24. The molecule has 1 aliphatic rings. The summed E-state index contributed by atoms with van der Waals surface area (Å²) in [5.74, 6) is -1.17. The number of hydrogen-bond donors (Lipinski definition) is 3. The van der Waals surface area contributed by atoms with Crippen molar-refractivity contribution in [1.82, 2.24) is 4.72 Å². The van der Waals surface area contributed by atoms with Crippen molar-refractivity contribution < 1.29 is 23.1 Å². The predicted octanol–water partition coefficient (Wildman–Crippen LogP) is 2.05. The maximum atomic E-state index is 12.7. The zero-order chi connectivity index (χ0) is 17.7. The lowest BCUT2D eigenvalue weighted by atomic mass is 10.2. The minimum atomic E-state index is -3.84. The van der Waals surface area contributed by atoms with E-state index in [0.717, 1.165) is 19.3 Å². The van der Waals surface area contributed by atoms with Crippen LogP contribution >= 0.6 is 0 Å². The van der Waals surface area contributed by atoms with Crippen LogP contribution in [-0.4, -0.2) is 44.8 Å². The molecule has 0 aromatic heterocycles. The summed E-state index contributed by atoms with van der Waals surface area (Å²) in [7, 11) is -3.84. The van der Waals surface area contributed by atoms with Crippen LogP contribution in [0.3, 0.4) is 0 Å². The zero-order valence-corrected chi connectivity index (χ0v) is 14.7. The van der Waals surface area contributed by atoms with Crippen molar-refractivity contribution in [1.29, 1.82) is 0 Å². The normalized spacial score (nSPS) is 19.2. The topological polar surface area (TPSA) is 105 Å². The molecular weight excluding hydrogens is 332 g/mol. The van der Waals surface area contributed by atoms with Gasteiger partial charge in [0.2, 0.25) is 10.0 Å². The molecule has 1 fully saturated rings. The predicted molar refractivity (Wildman–Crippen MR) is 90.9 cm³/mol. The fourth-order valence-corrected chi connectivity index (χ4v) is 3.71. The summed E-state index contributed by atoms with van der Waals surface area (Å²) in [6.45, 7) is 4.73. The number of sulfonamides is 1. The standard InChI is InChI=1S/C16H24N2O5S/c1-3-11(2)18-14-7-6-12(16(19)20)9-15(14)24(21,22)17-10-13-5-4-8-23-13/h6-7,9,11,13,17-18H,3-5,8,10H2,1-2H3,(H,19,20). The lowest BCUT2D eigenvalue weighted by molar-refractivity contribution is 0.0696. The molecular formula is C16H24N2O5S. The molecule has 3 N–H and O–H groups in total. The van der Waals surface area contributed by atoms with E-state index in [1.54, 1.807) is 0 Å². The van der Waals surface area contributed by atoms with Gasteiger partial charge in [-0.15, -0.1) is 0 Å². The number of carboxylic acid groups (broad SMARTS) is 1. The number of nitrogens with one attached hydrogen (secondary N) is 2. The molecule has 1 aliphatic heterocycles. The third kappa shape index (κ3) is 4.68. The van der Waals surface area contributed by atoms with Crippen molar-refractivity contribution in [2.45, 2.75) is 50.2 Å². The summed E-state index contributed by atoms with van der Waals surface area (Å²) in [6, 6.07) is 4.14. The van der Waals surface area contributed by atoms with Crippen LogP contribution in [0.25, 0.3) is 0 Å². The molecule has 2 rings (SSSR count). The first-order valence-corrected chi connectivity index (χ1v) is 9.57. The number of benzene rings is 1. The number of hydrogen-bond acceptors (Lipinski definition) is 5. The maximum Gasteiger partial charge on any atom is 0.335 e. The van der Waals surface area contributed by atoms with E-state index in [0.29, 0.717) is 12.3 Å². The Morgan fingerprint density at radius 1 is 1.46 bits per heavy atom. The SMILES string of the molecule is CCC(C)Nc1ccc(C(=O)O)cc1S(=O)(=O)NCC1CCCO1. The molecule has 1 heterocycles. The number of rotatable bonds is 8. The van der Waals surface area contributed by atoms with Gasteiger partial charge in [0, 0.05) is 19.2 Å². The quantitative estimate of drug-likeness (QED) is 0.658. The molecule has 2 atom stereocenters. The van der Waals surface area contributed by atoms with Gasteiger partial charge < -0.3 is 15.2 Å². The largest absolute Gasteiger partial charge is 0.478 e. The summed E-state index contributed by atoms with van der Waals surface area (Å²) >= 11 is 0. The molecule has 0 radical (unpaired) electrons. The molecule has 24 heavy (non-hydrogen) atoms. The van der Waals surface area contributed by atoms with Crippen LogP contribution in [0.2, 0.25) is 0 Å². The number of anilines is 1. The molecule has 0 amide bonds. The number of aromatic carboxylic acids is 1. The van der Waals surface area contributed by atoms with Crippen molar-refractivity contribution in [2.24, 2.45) is 0 Å². The fraction of sp³-hybridized carbons (Fsp3) is 0.562. The minimum Gasteiger partial charge on any atom is -0.478 e. The van der Waals surface area contributed by atoms with E-state index in [-0.39, 0.29) is 29.1 Å². The minimum absolute atomic E-state index is 0.0549. The van der Waals surface area contributed by atoms with Gasteiger partial charge >= 0.3 is 5.97 Å². The Balaban J connectivity index is 2.28. The first-order chi connectivity index (χ1) is 11.3. The van der Waals surface area contributed by atoms with Gasteiger partial charge in [-0.25, -0.2) is 17.9 Å². The van der Waals surface area contributed by atoms with Crippen molar-refractivity contribution in [3.63, 3.8) is 0 Å². The van der Waals surface area contributed by atoms with Crippen molar-refractivity contribution >= 4 is 21.7 Å². The van der Waals surface area contributed by atoms with Gasteiger partial charge in [0.15, 0.2) is 0 Å². The average Bonchev–Trinajstić information content (AvgIpc) is 3.06. The highest BCUT2D eigenvalue weighted by Gasteiger charge is 2.24. The highest BCUT2D eigenvalue weighted by atomic mass is 32.2. The first-order valence-electron chi connectivity index (χ1n) is 8.08. The van der Waals surface area contributed by atoms with E-state index < -0.39 is 16.0 Å². The molecule has 1 aromatic rings. The van der Waals surface area contributed by atoms with Crippen molar-refractivity contribution in [2.75, 3.05) is 18.5 Å². The third-order valence-electron chi connectivity index (χ3n) is 4.06. The highest BCUT2D eigenvalue weighted by molar-refractivity contribution is 7.89. The van der Waals surface area contributed by atoms with Crippen LogP contribution < -0.4 is 10.0 Å². The van der Waals surface area contributed by atoms with Crippen LogP contribution in [-0.2, 0) is 14.8 Å². The number of carbonyl (C=O) groups is 1. The number of ether oxygens (including phenoxy) is 1. The summed E-state index contributed by atoms with van der Waals surface area (Å²) in [5, 5.41) is 12.3. The monoisotopic (exact) mass is 356 g/mol. The van der Waals surface area contributed by atoms with Gasteiger partial charge in [-0.3, -0.25) is 0 Å². The van der Waals surface area contributed by atoms with Gasteiger partial charge in [-0.2, -0.15) is 0 Å². The lowest BCUT2D eigenvalue weighted by Crippen LogP contribution is -2.32. The summed E-state index contributed by atoms with van der Waals surface area (Å²) in [6.07, 6.45) is 2.41. The van der Waals surface area contributed by atoms with Gasteiger partial charge in [-0.05, 0) is 44.4 Å². The third-order valence-corrected chi connectivity index (χ3v) is 5.52. The van der Waals surface area contributed by atoms with Crippen LogP contribution in [0.15, 0.2) is 23.1 Å². The van der Waals surface area contributed by atoms with Crippen LogP contribution in [0.1, 0.15) is 43.5 Å². The zero-order valence-electron chi connectivity index (χ0n) is 13.9. The van der Waals surface area contributed by atoms with Crippen LogP contribution in [0, 0.1) is 0 Å². The van der Waals surface area contributed by atoms with E-state index in [1.807, 2.05) is 13.8 Å². The van der Waals surface area contributed by atoms with E-state index in [4.69, 9.17) is 9.84 Å². The summed E-state index contributed by atoms with van der Waals surface area (Å²) in [4.78, 5) is 11.1. The molecule has 1 saturated heterocycles. The van der Waals surface area contributed by atoms with Gasteiger partial charge in [0.05, 0.1) is 17.4 Å². The van der Waals surface area contributed by atoms with E-state index in [9.17, 15) is 13.2 Å². The molecule has 0 saturated carbocycles. The molecule has 0 aliphatic carbocycles. The Labute approximate surface area is 142 Å². The van der Waals surface area contributed by atoms with Gasteiger partial charge in [0.25, 0.3) is 0 Å². The average molecular weight is 356 g/mol. The number of carboxylic acids is 1. The van der Waals surface area contributed by atoms with Crippen molar-refractivity contribution in [3.05, 3.63) is 23.8 Å². The van der Waals surface area contributed by atoms with E-state index in [2.05, 4.69) is 10.0 Å². The first kappa shape index (κ1) is 18.7. The molecule has 0 bridgehead atoms. The smallest absolute Gasteiger partial charge is 0.335 e. The summed E-state index contributed by atoms with van der Waals surface area (Å²) in [5.41, 5.74) is 0.330. The van der Waals surface area contributed by atoms with Gasteiger partial charge in [-0.1, -0.05) is 6.92 Å². The summed E-state index contributed by atoms with van der Waals surface area (Å²) < 4.78 is 33.3. The van der Waals surface area contributed by atoms with Crippen LogP contribution in [0.4, 0.5) is 5.69 Å². The molecule has 0 spiro atoms. The second kappa shape index (κ2) is 7.96. The lowest BCUT2D eigenvalue weighted by Gasteiger charge is -2.18. The Morgan fingerprint density at radius 2 is 2.21 bits per heavy atom. The van der Waals surface area contributed by atoms with Gasteiger partial charge in [0.1, 0.15) is 4.90 Å². The van der Waals surface area contributed by atoms with Crippen molar-refractivity contribution in [3.8, 4) is 0 Å². The van der Waals surface area contributed by atoms with E-state index in [1.165, 1.54) is 18.2 Å². The molecule has 1 aromatic carbocycles. The maximum absolute atomic E-state index is 12.7. The van der Waals surface area contributed by atoms with E-state index >= 15 is 0 Å². The van der Waals surface area contributed by atoms with Crippen LogP contribution in [0.5, 0.6) is 0 Å². The fourth-order valence-electron chi connectivity index (χ4n) is 2.45. The molecule has 2 unspecified atom stereocenters. The Bertz CT molecular complexity index is 684. The molecule has 8 heteroatoms. The Kier molecular flexibility index (Phi) is 6.20. The second-order valence-corrected chi connectivity index (χ2v) is 7.69. The molecule has 7 nitrogen and oxygen atoms in total.